The van der Waals surface area contributed by atoms with E-state index in [2.05, 4.69) is 39.9 Å². The lowest BCUT2D eigenvalue weighted by molar-refractivity contribution is -0.0213. The van der Waals surface area contributed by atoms with Crippen molar-refractivity contribution in [3.63, 3.8) is 0 Å². The maximum atomic E-state index is 6.01. The molecule has 1 aliphatic carbocycles. The minimum Gasteiger partial charge on any atom is -0.377 e. The molecule has 102 valence electrons. The smallest absolute Gasteiger partial charge is 0.0594 e. The summed E-state index contributed by atoms with van der Waals surface area (Å²) in [5.41, 5.74) is 0.466. The number of rotatable bonds is 6. The van der Waals surface area contributed by atoms with Gasteiger partial charge in [-0.3, -0.25) is 0 Å². The van der Waals surface area contributed by atoms with Crippen LogP contribution in [0.3, 0.4) is 0 Å². The monoisotopic (exact) mass is 241 g/mol. The topological polar surface area (TPSA) is 21.3 Å². The number of hydrogen-bond acceptors (Lipinski definition) is 2. The first-order valence-electron chi connectivity index (χ1n) is 7.21. The molecule has 0 heterocycles. The highest BCUT2D eigenvalue weighted by Crippen LogP contribution is 2.39. The lowest BCUT2D eigenvalue weighted by Gasteiger charge is -2.38. The van der Waals surface area contributed by atoms with Crippen LogP contribution in [0.1, 0.15) is 53.9 Å². The molecule has 0 aromatic heterocycles. The normalized spacial score (nSPS) is 28.6. The van der Waals surface area contributed by atoms with Crippen LogP contribution in [-0.4, -0.2) is 25.8 Å². The van der Waals surface area contributed by atoms with E-state index in [-0.39, 0.29) is 0 Å². The molecule has 0 radical (unpaired) electrons. The van der Waals surface area contributed by atoms with Crippen LogP contribution in [0.15, 0.2) is 0 Å². The highest BCUT2D eigenvalue weighted by atomic mass is 16.5. The molecule has 0 aromatic carbocycles. The Bertz CT molecular complexity index is 213. The van der Waals surface area contributed by atoms with Gasteiger partial charge < -0.3 is 10.1 Å². The standard InChI is InChI=1S/C15H31NO/c1-12(2)11-16-6-7-17-14-8-13(3)9-15(4,5)10-14/h12-14,16H,6-11H2,1-5H3. The molecule has 0 saturated heterocycles. The fourth-order valence-electron chi connectivity index (χ4n) is 3.07. The van der Waals surface area contributed by atoms with Crippen LogP contribution >= 0.6 is 0 Å². The summed E-state index contributed by atoms with van der Waals surface area (Å²) in [6, 6.07) is 0. The van der Waals surface area contributed by atoms with Gasteiger partial charge in [0.05, 0.1) is 12.7 Å². The molecule has 0 spiro atoms. The highest BCUT2D eigenvalue weighted by Gasteiger charge is 2.32. The Morgan fingerprint density at radius 3 is 2.59 bits per heavy atom. The number of ether oxygens (including phenoxy) is 1. The van der Waals surface area contributed by atoms with Gasteiger partial charge in [-0.15, -0.1) is 0 Å². The summed E-state index contributed by atoms with van der Waals surface area (Å²) in [5, 5.41) is 3.43. The fraction of sp³-hybridized carbons (Fsp3) is 1.00. The molecule has 1 rings (SSSR count). The molecule has 1 N–H and O–H groups in total. The molecule has 17 heavy (non-hydrogen) atoms. The van der Waals surface area contributed by atoms with Crippen molar-refractivity contribution in [3.8, 4) is 0 Å². The summed E-state index contributed by atoms with van der Waals surface area (Å²) >= 11 is 0. The van der Waals surface area contributed by atoms with E-state index in [0.29, 0.717) is 11.5 Å². The largest absolute Gasteiger partial charge is 0.377 e. The Morgan fingerprint density at radius 1 is 1.29 bits per heavy atom. The van der Waals surface area contributed by atoms with E-state index < -0.39 is 0 Å². The molecule has 2 atom stereocenters. The molecule has 2 heteroatoms. The van der Waals surface area contributed by atoms with Gasteiger partial charge in [0.15, 0.2) is 0 Å². The van der Waals surface area contributed by atoms with Crippen molar-refractivity contribution in [2.24, 2.45) is 17.3 Å². The van der Waals surface area contributed by atoms with Crippen LogP contribution < -0.4 is 5.32 Å². The zero-order chi connectivity index (χ0) is 12.9. The van der Waals surface area contributed by atoms with Gasteiger partial charge in [0, 0.05) is 6.54 Å². The molecule has 2 unspecified atom stereocenters. The van der Waals surface area contributed by atoms with Gasteiger partial charge in [-0.2, -0.15) is 0 Å². The van der Waals surface area contributed by atoms with Gasteiger partial charge in [0.1, 0.15) is 0 Å². The van der Waals surface area contributed by atoms with Crippen LogP contribution in [0, 0.1) is 17.3 Å². The lowest BCUT2D eigenvalue weighted by atomic mass is 9.71. The Balaban J connectivity index is 2.14. The summed E-state index contributed by atoms with van der Waals surface area (Å²) in [4.78, 5) is 0. The molecular weight excluding hydrogens is 210 g/mol. The number of nitrogens with one attached hydrogen (secondary N) is 1. The minimum absolute atomic E-state index is 0.466. The van der Waals surface area contributed by atoms with Crippen LogP contribution in [0.2, 0.25) is 0 Å². The van der Waals surface area contributed by atoms with E-state index in [4.69, 9.17) is 4.74 Å². The third-order valence-corrected chi connectivity index (χ3v) is 3.53. The van der Waals surface area contributed by atoms with Crippen molar-refractivity contribution < 1.29 is 4.74 Å². The summed E-state index contributed by atoms with van der Waals surface area (Å²) in [6.07, 6.45) is 4.29. The molecular formula is C15H31NO. The number of hydrogen-bond donors (Lipinski definition) is 1. The van der Waals surface area contributed by atoms with Gasteiger partial charge in [-0.25, -0.2) is 0 Å². The fourth-order valence-corrected chi connectivity index (χ4v) is 3.07. The van der Waals surface area contributed by atoms with Gasteiger partial charge >= 0.3 is 0 Å². The Hall–Kier alpha value is -0.0800. The first-order chi connectivity index (χ1) is 7.89. The third-order valence-electron chi connectivity index (χ3n) is 3.53. The van der Waals surface area contributed by atoms with Crippen LogP contribution in [0.4, 0.5) is 0 Å². The molecule has 1 aliphatic rings. The maximum absolute atomic E-state index is 6.01. The summed E-state index contributed by atoms with van der Waals surface area (Å²) in [6.45, 7) is 14.5. The first-order valence-corrected chi connectivity index (χ1v) is 7.21. The van der Waals surface area contributed by atoms with Crippen molar-refractivity contribution in [1.29, 1.82) is 0 Å². The zero-order valence-corrected chi connectivity index (χ0v) is 12.4. The van der Waals surface area contributed by atoms with Crippen molar-refractivity contribution >= 4 is 0 Å². The minimum atomic E-state index is 0.466. The molecule has 0 aromatic rings. The van der Waals surface area contributed by atoms with E-state index in [1.54, 1.807) is 0 Å². The van der Waals surface area contributed by atoms with Crippen LogP contribution in [0.5, 0.6) is 0 Å². The molecule has 0 aliphatic heterocycles. The summed E-state index contributed by atoms with van der Waals surface area (Å²) < 4.78 is 6.01. The average molecular weight is 241 g/mol. The zero-order valence-electron chi connectivity index (χ0n) is 12.4. The molecule has 0 amide bonds. The quantitative estimate of drug-likeness (QED) is 0.719. The predicted molar refractivity (Wildman–Crippen MR) is 74.2 cm³/mol. The van der Waals surface area contributed by atoms with E-state index in [0.717, 1.165) is 31.5 Å². The third kappa shape index (κ3) is 6.42. The molecule has 1 fully saturated rings. The summed E-state index contributed by atoms with van der Waals surface area (Å²) in [7, 11) is 0. The summed E-state index contributed by atoms with van der Waals surface area (Å²) in [5.74, 6) is 1.54. The Kier molecular flexibility index (Phi) is 5.94. The van der Waals surface area contributed by atoms with Crippen molar-refractivity contribution in [3.05, 3.63) is 0 Å². The Morgan fingerprint density at radius 2 is 2.00 bits per heavy atom. The Labute approximate surface area is 108 Å². The van der Waals surface area contributed by atoms with E-state index in [1.165, 1.54) is 19.3 Å². The first kappa shape index (κ1) is 15.0. The lowest BCUT2D eigenvalue weighted by Crippen LogP contribution is -2.34. The van der Waals surface area contributed by atoms with E-state index >= 15 is 0 Å². The molecule has 1 saturated carbocycles. The second kappa shape index (κ2) is 6.75. The molecule has 0 bridgehead atoms. The van der Waals surface area contributed by atoms with Gasteiger partial charge in [-0.1, -0.05) is 34.6 Å². The van der Waals surface area contributed by atoms with Crippen LogP contribution in [-0.2, 0) is 4.74 Å². The van der Waals surface area contributed by atoms with Gasteiger partial charge in [-0.05, 0) is 43.1 Å². The van der Waals surface area contributed by atoms with Crippen LogP contribution in [0.25, 0.3) is 0 Å². The van der Waals surface area contributed by atoms with Crippen molar-refractivity contribution in [1.82, 2.24) is 5.32 Å². The molecule has 2 nitrogen and oxygen atoms in total. The predicted octanol–water partition coefficient (Wildman–Crippen LogP) is 3.46. The van der Waals surface area contributed by atoms with E-state index in [9.17, 15) is 0 Å². The van der Waals surface area contributed by atoms with Crippen molar-refractivity contribution in [2.45, 2.75) is 60.0 Å². The van der Waals surface area contributed by atoms with Crippen molar-refractivity contribution in [2.75, 3.05) is 19.7 Å². The second-order valence-electron chi connectivity index (χ2n) is 7.00. The van der Waals surface area contributed by atoms with E-state index in [1.807, 2.05) is 0 Å². The second-order valence-corrected chi connectivity index (χ2v) is 7.00. The average Bonchev–Trinajstić information content (AvgIpc) is 2.13. The van der Waals surface area contributed by atoms with Gasteiger partial charge in [0.2, 0.25) is 0 Å². The maximum Gasteiger partial charge on any atom is 0.0594 e. The van der Waals surface area contributed by atoms with Gasteiger partial charge in [0.25, 0.3) is 0 Å². The SMILES string of the molecule is CC(C)CNCCOC1CC(C)CC(C)(C)C1. The highest BCUT2D eigenvalue weighted by molar-refractivity contribution is 4.83.